The lowest BCUT2D eigenvalue weighted by atomic mass is 9.90. The standard InChI is InChI=1S/C10H20O/c1-3-6-10(7-4-2)8-5-9-11-10/h3-9H2,1-2H3. The van der Waals surface area contributed by atoms with E-state index in [2.05, 4.69) is 13.8 Å². The molecule has 0 radical (unpaired) electrons. The Morgan fingerprint density at radius 3 is 2.18 bits per heavy atom. The highest BCUT2D eigenvalue weighted by atomic mass is 16.5. The second-order valence-corrected chi connectivity index (χ2v) is 3.64. The van der Waals surface area contributed by atoms with E-state index in [-0.39, 0.29) is 0 Å². The summed E-state index contributed by atoms with van der Waals surface area (Å²) in [5, 5.41) is 0. The van der Waals surface area contributed by atoms with E-state index in [0.29, 0.717) is 5.60 Å². The van der Waals surface area contributed by atoms with Crippen LogP contribution >= 0.6 is 0 Å². The molecule has 1 heteroatoms. The first-order chi connectivity index (χ1) is 5.33. The van der Waals surface area contributed by atoms with Gasteiger partial charge >= 0.3 is 0 Å². The van der Waals surface area contributed by atoms with Gasteiger partial charge in [0.25, 0.3) is 0 Å². The van der Waals surface area contributed by atoms with Crippen molar-refractivity contribution in [2.24, 2.45) is 0 Å². The summed E-state index contributed by atoms with van der Waals surface area (Å²) in [6.07, 6.45) is 7.64. The SMILES string of the molecule is CCCC1(CCC)CCCO1. The lowest BCUT2D eigenvalue weighted by Crippen LogP contribution is -2.26. The Labute approximate surface area is 70.1 Å². The second-order valence-electron chi connectivity index (χ2n) is 3.64. The van der Waals surface area contributed by atoms with Crippen LogP contribution < -0.4 is 0 Å². The summed E-state index contributed by atoms with van der Waals surface area (Å²) >= 11 is 0. The molecule has 1 aliphatic heterocycles. The van der Waals surface area contributed by atoms with E-state index in [1.165, 1.54) is 38.5 Å². The van der Waals surface area contributed by atoms with Crippen LogP contribution in [0.3, 0.4) is 0 Å². The van der Waals surface area contributed by atoms with Gasteiger partial charge in [-0.15, -0.1) is 0 Å². The minimum Gasteiger partial charge on any atom is -0.375 e. The van der Waals surface area contributed by atoms with Crippen LogP contribution in [0.2, 0.25) is 0 Å². The maximum absolute atomic E-state index is 5.82. The fourth-order valence-electron chi connectivity index (χ4n) is 2.19. The van der Waals surface area contributed by atoms with Crippen LogP contribution in [0, 0.1) is 0 Å². The van der Waals surface area contributed by atoms with Crippen molar-refractivity contribution in [2.45, 2.75) is 58.0 Å². The highest BCUT2D eigenvalue weighted by molar-refractivity contribution is 4.83. The summed E-state index contributed by atoms with van der Waals surface area (Å²) in [4.78, 5) is 0. The molecular weight excluding hydrogens is 136 g/mol. The Bertz CT molecular complexity index is 95.4. The van der Waals surface area contributed by atoms with Crippen LogP contribution in [0.1, 0.15) is 52.4 Å². The predicted octanol–water partition coefficient (Wildman–Crippen LogP) is 3.14. The molecule has 0 spiro atoms. The number of rotatable bonds is 4. The molecular formula is C10H20O. The molecule has 1 rings (SSSR count). The fraction of sp³-hybridized carbons (Fsp3) is 1.00. The van der Waals surface area contributed by atoms with Gasteiger partial charge in [0.2, 0.25) is 0 Å². The number of hydrogen-bond donors (Lipinski definition) is 0. The van der Waals surface area contributed by atoms with Crippen LogP contribution in [0.5, 0.6) is 0 Å². The zero-order valence-corrected chi connectivity index (χ0v) is 7.86. The average molecular weight is 156 g/mol. The summed E-state index contributed by atoms with van der Waals surface area (Å²) < 4.78 is 5.82. The molecule has 0 unspecified atom stereocenters. The fourth-order valence-corrected chi connectivity index (χ4v) is 2.19. The largest absolute Gasteiger partial charge is 0.375 e. The van der Waals surface area contributed by atoms with Crippen LogP contribution in [0.25, 0.3) is 0 Å². The highest BCUT2D eigenvalue weighted by Gasteiger charge is 2.32. The lowest BCUT2D eigenvalue weighted by Gasteiger charge is -2.27. The number of hydrogen-bond acceptors (Lipinski definition) is 1. The zero-order valence-electron chi connectivity index (χ0n) is 7.86. The summed E-state index contributed by atoms with van der Waals surface area (Å²) in [6.45, 7) is 5.50. The molecule has 11 heavy (non-hydrogen) atoms. The van der Waals surface area contributed by atoms with E-state index >= 15 is 0 Å². The molecule has 0 aliphatic carbocycles. The number of ether oxygens (including phenoxy) is 1. The van der Waals surface area contributed by atoms with Crippen molar-refractivity contribution in [3.05, 3.63) is 0 Å². The molecule has 1 saturated heterocycles. The van der Waals surface area contributed by atoms with Crippen LogP contribution in [0.4, 0.5) is 0 Å². The third kappa shape index (κ3) is 2.19. The summed E-state index contributed by atoms with van der Waals surface area (Å²) in [6, 6.07) is 0. The Kier molecular flexibility index (Phi) is 3.38. The van der Waals surface area contributed by atoms with Crippen LogP contribution in [0.15, 0.2) is 0 Å². The normalized spacial score (nSPS) is 22.4. The summed E-state index contributed by atoms with van der Waals surface area (Å²) in [5.74, 6) is 0. The smallest absolute Gasteiger partial charge is 0.0683 e. The molecule has 1 fully saturated rings. The van der Waals surface area contributed by atoms with E-state index in [1.807, 2.05) is 0 Å². The van der Waals surface area contributed by atoms with Gasteiger partial charge in [0.15, 0.2) is 0 Å². The van der Waals surface area contributed by atoms with E-state index in [0.717, 1.165) is 6.61 Å². The van der Waals surface area contributed by atoms with Gasteiger partial charge in [0, 0.05) is 6.61 Å². The molecule has 0 saturated carbocycles. The summed E-state index contributed by atoms with van der Waals surface area (Å²) in [7, 11) is 0. The van der Waals surface area contributed by atoms with Gasteiger partial charge in [-0.2, -0.15) is 0 Å². The minimum absolute atomic E-state index is 0.295. The first-order valence-electron chi connectivity index (χ1n) is 4.97. The molecule has 1 heterocycles. The quantitative estimate of drug-likeness (QED) is 0.607. The lowest BCUT2D eigenvalue weighted by molar-refractivity contribution is -0.0107. The molecule has 0 bridgehead atoms. The third-order valence-corrected chi connectivity index (χ3v) is 2.60. The molecule has 0 aromatic heterocycles. The Hall–Kier alpha value is -0.0400. The minimum atomic E-state index is 0.295. The maximum atomic E-state index is 5.82. The van der Waals surface area contributed by atoms with Crippen molar-refractivity contribution < 1.29 is 4.74 Å². The van der Waals surface area contributed by atoms with Gasteiger partial charge in [0.05, 0.1) is 5.60 Å². The molecule has 1 nitrogen and oxygen atoms in total. The van der Waals surface area contributed by atoms with Crippen molar-refractivity contribution in [3.8, 4) is 0 Å². The highest BCUT2D eigenvalue weighted by Crippen LogP contribution is 2.34. The van der Waals surface area contributed by atoms with Crippen molar-refractivity contribution in [2.75, 3.05) is 6.61 Å². The Balaban J connectivity index is 2.40. The van der Waals surface area contributed by atoms with Crippen molar-refractivity contribution in [3.63, 3.8) is 0 Å². The van der Waals surface area contributed by atoms with Gasteiger partial charge in [-0.1, -0.05) is 26.7 Å². The van der Waals surface area contributed by atoms with E-state index in [9.17, 15) is 0 Å². The Morgan fingerprint density at radius 1 is 1.18 bits per heavy atom. The molecule has 66 valence electrons. The van der Waals surface area contributed by atoms with E-state index in [1.54, 1.807) is 0 Å². The third-order valence-electron chi connectivity index (χ3n) is 2.60. The molecule has 0 atom stereocenters. The first kappa shape index (κ1) is 9.05. The second kappa shape index (κ2) is 4.10. The van der Waals surface area contributed by atoms with Gasteiger partial charge in [-0.25, -0.2) is 0 Å². The molecule has 0 amide bonds. The average Bonchev–Trinajstić information content (AvgIpc) is 2.39. The maximum Gasteiger partial charge on any atom is 0.0683 e. The van der Waals surface area contributed by atoms with Gasteiger partial charge < -0.3 is 4.74 Å². The van der Waals surface area contributed by atoms with Gasteiger partial charge in [0.1, 0.15) is 0 Å². The van der Waals surface area contributed by atoms with Gasteiger partial charge in [-0.3, -0.25) is 0 Å². The topological polar surface area (TPSA) is 9.23 Å². The monoisotopic (exact) mass is 156 g/mol. The van der Waals surface area contributed by atoms with Gasteiger partial charge in [-0.05, 0) is 25.7 Å². The van der Waals surface area contributed by atoms with Crippen molar-refractivity contribution in [1.29, 1.82) is 0 Å². The first-order valence-corrected chi connectivity index (χ1v) is 4.97. The van der Waals surface area contributed by atoms with Crippen LogP contribution in [-0.2, 0) is 4.74 Å². The van der Waals surface area contributed by atoms with Crippen molar-refractivity contribution in [1.82, 2.24) is 0 Å². The zero-order chi connectivity index (χ0) is 8.16. The molecule has 0 aromatic carbocycles. The molecule has 1 aliphatic rings. The summed E-state index contributed by atoms with van der Waals surface area (Å²) in [5.41, 5.74) is 0.295. The molecule has 0 aromatic rings. The Morgan fingerprint density at radius 2 is 1.82 bits per heavy atom. The molecule has 0 N–H and O–H groups in total. The van der Waals surface area contributed by atoms with Crippen molar-refractivity contribution >= 4 is 0 Å². The van der Waals surface area contributed by atoms with E-state index in [4.69, 9.17) is 4.74 Å². The predicted molar refractivity (Wildman–Crippen MR) is 47.7 cm³/mol. The van der Waals surface area contributed by atoms with Crippen LogP contribution in [-0.4, -0.2) is 12.2 Å². The van der Waals surface area contributed by atoms with E-state index < -0.39 is 0 Å².